The van der Waals surface area contributed by atoms with Crippen LogP contribution in [0.25, 0.3) is 0 Å². The molecule has 0 bridgehead atoms. The van der Waals surface area contributed by atoms with Crippen LogP contribution < -0.4 is 5.32 Å². The highest BCUT2D eigenvalue weighted by Crippen LogP contribution is 2.26. The SMILES string of the molecule is O=C(NCC1CCC1)c1cc(F)c(F)cc1[N+](=O)[O-]. The Labute approximate surface area is 107 Å². The first-order chi connectivity index (χ1) is 8.99. The van der Waals surface area contributed by atoms with Gasteiger partial charge in [0, 0.05) is 6.54 Å². The lowest BCUT2D eigenvalue weighted by molar-refractivity contribution is -0.385. The van der Waals surface area contributed by atoms with E-state index in [-0.39, 0.29) is 0 Å². The molecule has 1 aromatic carbocycles. The van der Waals surface area contributed by atoms with E-state index in [4.69, 9.17) is 0 Å². The first kappa shape index (κ1) is 13.4. The van der Waals surface area contributed by atoms with Crippen molar-refractivity contribution in [1.29, 1.82) is 0 Å². The van der Waals surface area contributed by atoms with Gasteiger partial charge in [-0.05, 0) is 24.8 Å². The zero-order valence-electron chi connectivity index (χ0n) is 9.99. The second kappa shape index (κ2) is 5.29. The van der Waals surface area contributed by atoms with E-state index in [0.29, 0.717) is 24.6 Å². The van der Waals surface area contributed by atoms with Crippen molar-refractivity contribution in [3.05, 3.63) is 39.4 Å². The molecule has 1 aliphatic rings. The summed E-state index contributed by atoms with van der Waals surface area (Å²) in [5.74, 6) is -3.01. The van der Waals surface area contributed by atoms with Crippen molar-refractivity contribution in [2.24, 2.45) is 5.92 Å². The summed E-state index contributed by atoms with van der Waals surface area (Å²) in [5.41, 5.74) is -1.19. The standard InChI is InChI=1S/C12H12F2N2O3/c13-9-4-8(11(16(18)19)5-10(9)14)12(17)15-6-7-2-1-3-7/h4-5,7H,1-3,6H2,(H,15,17). The zero-order chi connectivity index (χ0) is 14.0. The first-order valence-electron chi connectivity index (χ1n) is 5.90. The fraction of sp³-hybridized carbons (Fsp3) is 0.417. The number of hydrogen-bond acceptors (Lipinski definition) is 3. The summed E-state index contributed by atoms with van der Waals surface area (Å²) in [5, 5.41) is 13.2. The van der Waals surface area contributed by atoms with E-state index in [9.17, 15) is 23.7 Å². The van der Waals surface area contributed by atoms with Gasteiger partial charge in [-0.1, -0.05) is 6.42 Å². The van der Waals surface area contributed by atoms with Crippen molar-refractivity contribution in [2.45, 2.75) is 19.3 Å². The second-order valence-electron chi connectivity index (χ2n) is 4.55. The normalized spacial score (nSPS) is 14.8. The molecule has 0 saturated heterocycles. The number of benzene rings is 1. The fourth-order valence-electron chi connectivity index (χ4n) is 1.90. The largest absolute Gasteiger partial charge is 0.352 e. The lowest BCUT2D eigenvalue weighted by Gasteiger charge is -2.25. The maximum atomic E-state index is 13.1. The van der Waals surface area contributed by atoms with Crippen LogP contribution in [0.3, 0.4) is 0 Å². The minimum absolute atomic E-state index is 0.369. The van der Waals surface area contributed by atoms with Gasteiger partial charge in [0.1, 0.15) is 5.56 Å². The van der Waals surface area contributed by atoms with Crippen molar-refractivity contribution < 1.29 is 18.5 Å². The maximum absolute atomic E-state index is 13.1. The van der Waals surface area contributed by atoms with E-state index < -0.39 is 33.7 Å². The van der Waals surface area contributed by atoms with E-state index in [2.05, 4.69) is 5.32 Å². The number of rotatable bonds is 4. The number of nitrogens with zero attached hydrogens (tertiary/aromatic N) is 1. The average molecular weight is 270 g/mol. The van der Waals surface area contributed by atoms with Gasteiger partial charge in [0.25, 0.3) is 11.6 Å². The third-order valence-corrected chi connectivity index (χ3v) is 3.26. The summed E-state index contributed by atoms with van der Waals surface area (Å²) >= 11 is 0. The number of hydrogen-bond donors (Lipinski definition) is 1. The van der Waals surface area contributed by atoms with Crippen LogP contribution in [0.4, 0.5) is 14.5 Å². The van der Waals surface area contributed by atoms with Crippen molar-refractivity contribution in [3.63, 3.8) is 0 Å². The predicted molar refractivity (Wildman–Crippen MR) is 62.7 cm³/mol. The Morgan fingerprint density at radius 1 is 1.37 bits per heavy atom. The van der Waals surface area contributed by atoms with E-state index >= 15 is 0 Å². The summed E-state index contributed by atoms with van der Waals surface area (Å²) < 4.78 is 26.0. The van der Waals surface area contributed by atoms with Crippen LogP contribution in [0, 0.1) is 27.7 Å². The monoisotopic (exact) mass is 270 g/mol. The van der Waals surface area contributed by atoms with Gasteiger partial charge in [-0.15, -0.1) is 0 Å². The molecule has 1 saturated carbocycles. The van der Waals surface area contributed by atoms with Gasteiger partial charge in [-0.25, -0.2) is 8.78 Å². The zero-order valence-corrected chi connectivity index (χ0v) is 9.99. The summed E-state index contributed by atoms with van der Waals surface area (Å²) in [4.78, 5) is 21.6. The molecular weight excluding hydrogens is 258 g/mol. The summed E-state index contributed by atoms with van der Waals surface area (Å²) in [6.07, 6.45) is 3.10. The van der Waals surface area contributed by atoms with Crippen LogP contribution in [0.1, 0.15) is 29.6 Å². The van der Waals surface area contributed by atoms with Gasteiger partial charge in [0.05, 0.1) is 11.0 Å². The van der Waals surface area contributed by atoms with Gasteiger partial charge >= 0.3 is 0 Å². The molecule has 0 atom stereocenters. The number of amides is 1. The molecule has 1 fully saturated rings. The smallest absolute Gasteiger partial charge is 0.285 e. The van der Waals surface area contributed by atoms with Crippen molar-refractivity contribution >= 4 is 11.6 Å². The minimum atomic E-state index is -1.35. The molecule has 0 unspecified atom stereocenters. The van der Waals surface area contributed by atoms with Crippen LogP contribution >= 0.6 is 0 Å². The first-order valence-corrected chi connectivity index (χ1v) is 5.90. The third-order valence-electron chi connectivity index (χ3n) is 3.26. The Kier molecular flexibility index (Phi) is 3.73. The van der Waals surface area contributed by atoms with Gasteiger partial charge < -0.3 is 5.32 Å². The number of nitro groups is 1. The van der Waals surface area contributed by atoms with E-state index in [1.54, 1.807) is 0 Å². The summed E-state index contributed by atoms with van der Waals surface area (Å²) in [7, 11) is 0. The molecular formula is C12H12F2N2O3. The number of nitrogens with one attached hydrogen (secondary N) is 1. The van der Waals surface area contributed by atoms with Gasteiger partial charge in [0.15, 0.2) is 11.6 Å². The predicted octanol–water partition coefficient (Wildman–Crippen LogP) is 2.40. The molecule has 2 rings (SSSR count). The van der Waals surface area contributed by atoms with Crippen LogP contribution in [-0.4, -0.2) is 17.4 Å². The highest BCUT2D eigenvalue weighted by molar-refractivity contribution is 5.98. The van der Waals surface area contributed by atoms with Crippen LogP contribution in [0.5, 0.6) is 0 Å². The number of nitro benzene ring substituents is 1. The van der Waals surface area contributed by atoms with E-state index in [1.165, 1.54) is 0 Å². The van der Waals surface area contributed by atoms with Crippen LogP contribution in [-0.2, 0) is 0 Å². The Balaban J connectivity index is 2.18. The molecule has 102 valence electrons. The van der Waals surface area contributed by atoms with E-state index in [0.717, 1.165) is 19.3 Å². The Bertz CT molecular complexity index is 530. The molecule has 19 heavy (non-hydrogen) atoms. The lowest BCUT2D eigenvalue weighted by Crippen LogP contribution is -2.32. The molecule has 1 N–H and O–H groups in total. The molecule has 0 radical (unpaired) electrons. The Morgan fingerprint density at radius 2 is 2.00 bits per heavy atom. The average Bonchev–Trinajstić information content (AvgIpc) is 2.29. The Morgan fingerprint density at radius 3 is 2.53 bits per heavy atom. The summed E-state index contributed by atoms with van der Waals surface area (Å²) in [6.45, 7) is 0.398. The molecule has 0 heterocycles. The van der Waals surface area contributed by atoms with Crippen LogP contribution in [0.2, 0.25) is 0 Å². The van der Waals surface area contributed by atoms with Crippen LogP contribution in [0.15, 0.2) is 12.1 Å². The van der Waals surface area contributed by atoms with Crippen molar-refractivity contribution in [2.75, 3.05) is 6.54 Å². The van der Waals surface area contributed by atoms with Crippen molar-refractivity contribution in [1.82, 2.24) is 5.32 Å². The summed E-state index contributed by atoms with van der Waals surface area (Å²) in [6, 6.07) is 0.983. The number of carbonyl (C=O) groups is 1. The quantitative estimate of drug-likeness (QED) is 0.674. The molecule has 0 aliphatic heterocycles. The molecule has 1 aliphatic carbocycles. The highest BCUT2D eigenvalue weighted by Gasteiger charge is 2.25. The molecule has 5 nitrogen and oxygen atoms in total. The fourth-order valence-corrected chi connectivity index (χ4v) is 1.90. The molecule has 7 heteroatoms. The van der Waals surface area contributed by atoms with Gasteiger partial charge in [-0.2, -0.15) is 0 Å². The molecule has 1 amide bonds. The number of halogens is 2. The maximum Gasteiger partial charge on any atom is 0.285 e. The third kappa shape index (κ3) is 2.86. The van der Waals surface area contributed by atoms with Gasteiger partial charge in [-0.3, -0.25) is 14.9 Å². The molecule has 0 spiro atoms. The van der Waals surface area contributed by atoms with Gasteiger partial charge in [0.2, 0.25) is 0 Å². The topological polar surface area (TPSA) is 72.2 Å². The molecule has 1 aromatic rings. The van der Waals surface area contributed by atoms with Crippen molar-refractivity contribution in [3.8, 4) is 0 Å². The molecule has 0 aromatic heterocycles. The lowest BCUT2D eigenvalue weighted by atomic mass is 9.85. The highest BCUT2D eigenvalue weighted by atomic mass is 19.2. The Hall–Kier alpha value is -2.05. The van der Waals surface area contributed by atoms with E-state index in [1.807, 2.05) is 0 Å². The number of carbonyl (C=O) groups excluding carboxylic acids is 1. The minimum Gasteiger partial charge on any atom is -0.352 e. The second-order valence-corrected chi connectivity index (χ2v) is 4.55.